The van der Waals surface area contributed by atoms with E-state index in [1.54, 1.807) is 24.3 Å². The first kappa shape index (κ1) is 15.4. The van der Waals surface area contributed by atoms with Crippen LogP contribution < -0.4 is 5.32 Å². The van der Waals surface area contributed by atoms with E-state index < -0.39 is 0 Å². The number of rotatable bonds is 2. The molecule has 0 saturated carbocycles. The van der Waals surface area contributed by atoms with Crippen LogP contribution in [-0.4, -0.2) is 26.3 Å². The Labute approximate surface area is 140 Å². The third kappa shape index (κ3) is 3.64. The van der Waals surface area contributed by atoms with Gasteiger partial charge in [0.05, 0.1) is 9.93 Å². The predicted molar refractivity (Wildman–Crippen MR) is 89.8 cm³/mol. The van der Waals surface area contributed by atoms with Crippen molar-refractivity contribution in [2.45, 2.75) is 0 Å². The average molecular weight is 348 g/mol. The van der Waals surface area contributed by atoms with Crippen molar-refractivity contribution >= 4 is 46.3 Å². The Morgan fingerprint density at radius 2 is 2.04 bits per heavy atom. The minimum absolute atomic E-state index is 0.216. The van der Waals surface area contributed by atoms with E-state index in [4.69, 9.17) is 11.6 Å². The largest absolute Gasteiger partial charge is 0.504 e. The van der Waals surface area contributed by atoms with Crippen LogP contribution in [-0.2, 0) is 4.79 Å². The van der Waals surface area contributed by atoms with Gasteiger partial charge in [-0.2, -0.15) is 0 Å². The van der Waals surface area contributed by atoms with Crippen LogP contribution in [0.4, 0.5) is 5.82 Å². The number of amides is 1. The monoisotopic (exact) mass is 347 g/mol. The summed E-state index contributed by atoms with van der Waals surface area (Å²) < 4.78 is 0. The first-order chi connectivity index (χ1) is 11.0. The Bertz CT molecular complexity index is 834. The van der Waals surface area contributed by atoms with Gasteiger partial charge in [0.15, 0.2) is 22.5 Å². The first-order valence-corrected chi connectivity index (χ1v) is 7.64. The highest BCUT2D eigenvalue weighted by Crippen LogP contribution is 2.30. The van der Waals surface area contributed by atoms with E-state index >= 15 is 0 Å². The average Bonchev–Trinajstić information content (AvgIpc) is 2.85. The number of aromatic hydroxyl groups is 2. The lowest BCUT2D eigenvalue weighted by Gasteiger charge is -1.99. The zero-order valence-corrected chi connectivity index (χ0v) is 13.1. The molecule has 1 fully saturated rings. The number of halogens is 1. The van der Waals surface area contributed by atoms with Crippen molar-refractivity contribution < 1.29 is 15.0 Å². The molecule has 0 unspecified atom stereocenters. The maximum absolute atomic E-state index is 12.0. The normalized spacial score (nSPS) is 17.7. The Kier molecular flexibility index (Phi) is 4.22. The summed E-state index contributed by atoms with van der Waals surface area (Å²) in [5.74, 6) is -0.329. The zero-order valence-electron chi connectivity index (χ0n) is 11.5. The number of benzene rings is 1. The van der Waals surface area contributed by atoms with Gasteiger partial charge in [-0.25, -0.2) is 9.98 Å². The number of nitrogens with one attached hydrogen (secondary N) is 1. The maximum atomic E-state index is 12.0. The zero-order chi connectivity index (χ0) is 16.4. The number of amidine groups is 1. The second kappa shape index (κ2) is 6.31. The van der Waals surface area contributed by atoms with Crippen molar-refractivity contribution in [3.63, 3.8) is 0 Å². The molecule has 23 heavy (non-hydrogen) atoms. The van der Waals surface area contributed by atoms with Crippen LogP contribution in [0.5, 0.6) is 11.5 Å². The van der Waals surface area contributed by atoms with Crippen LogP contribution in [0.1, 0.15) is 5.56 Å². The Morgan fingerprint density at radius 1 is 1.22 bits per heavy atom. The van der Waals surface area contributed by atoms with Gasteiger partial charge in [0.25, 0.3) is 5.91 Å². The van der Waals surface area contributed by atoms with Gasteiger partial charge in [-0.15, -0.1) is 0 Å². The fourth-order valence-corrected chi connectivity index (χ4v) is 2.74. The number of thioether (sulfide) groups is 1. The lowest BCUT2D eigenvalue weighted by Crippen LogP contribution is -2.19. The van der Waals surface area contributed by atoms with E-state index in [2.05, 4.69) is 15.3 Å². The molecule has 2 aromatic rings. The van der Waals surface area contributed by atoms with Crippen LogP contribution in [0.2, 0.25) is 5.02 Å². The summed E-state index contributed by atoms with van der Waals surface area (Å²) >= 11 is 6.91. The van der Waals surface area contributed by atoms with Gasteiger partial charge in [-0.1, -0.05) is 17.7 Å². The van der Waals surface area contributed by atoms with Crippen molar-refractivity contribution in [3.05, 3.63) is 52.0 Å². The third-order valence-electron chi connectivity index (χ3n) is 2.88. The van der Waals surface area contributed by atoms with E-state index in [9.17, 15) is 15.0 Å². The number of hydrogen-bond acceptors (Lipinski definition) is 6. The number of pyridine rings is 1. The molecule has 0 spiro atoms. The molecule has 6 nitrogen and oxygen atoms in total. The van der Waals surface area contributed by atoms with Crippen LogP contribution >= 0.6 is 23.4 Å². The molecule has 1 aromatic carbocycles. The lowest BCUT2D eigenvalue weighted by atomic mass is 10.2. The summed E-state index contributed by atoms with van der Waals surface area (Å²) in [6, 6.07) is 7.61. The summed E-state index contributed by atoms with van der Waals surface area (Å²) in [6.07, 6.45) is 3.06. The van der Waals surface area contributed by atoms with Gasteiger partial charge >= 0.3 is 0 Å². The van der Waals surface area contributed by atoms with Gasteiger partial charge < -0.3 is 15.5 Å². The van der Waals surface area contributed by atoms with E-state index in [0.29, 0.717) is 26.5 Å². The van der Waals surface area contributed by atoms with Crippen molar-refractivity contribution in [2.24, 2.45) is 4.99 Å². The highest BCUT2D eigenvalue weighted by Gasteiger charge is 2.24. The van der Waals surface area contributed by atoms with E-state index in [1.807, 2.05) is 0 Å². The van der Waals surface area contributed by atoms with Gasteiger partial charge in [-0.3, -0.25) is 4.79 Å². The molecule has 1 aromatic heterocycles. The molecule has 0 bridgehead atoms. The third-order valence-corrected chi connectivity index (χ3v) is 4.01. The molecule has 0 aliphatic carbocycles. The molecule has 8 heteroatoms. The summed E-state index contributed by atoms with van der Waals surface area (Å²) in [7, 11) is 0. The topological polar surface area (TPSA) is 94.8 Å². The lowest BCUT2D eigenvalue weighted by molar-refractivity contribution is -0.115. The van der Waals surface area contributed by atoms with Crippen molar-refractivity contribution in [2.75, 3.05) is 0 Å². The highest BCUT2D eigenvalue weighted by atomic mass is 35.5. The molecular formula is C15H10ClN3O3S. The first-order valence-electron chi connectivity index (χ1n) is 6.44. The summed E-state index contributed by atoms with van der Waals surface area (Å²) in [6.45, 7) is 0. The number of carbonyl (C=O) groups excluding carboxylic acids is 1. The smallest absolute Gasteiger partial charge is 0.264 e. The van der Waals surface area contributed by atoms with Crippen LogP contribution in [0, 0.1) is 0 Å². The number of aliphatic imine (C=N–C) groups is 1. The van der Waals surface area contributed by atoms with Gasteiger partial charge in [0.1, 0.15) is 0 Å². The molecule has 3 rings (SSSR count). The number of nitrogens with zero attached hydrogens (tertiary/aromatic N) is 2. The minimum Gasteiger partial charge on any atom is -0.504 e. The Morgan fingerprint density at radius 3 is 2.74 bits per heavy atom. The molecule has 1 aliphatic rings. The standard InChI is InChI=1S/C15H10ClN3O3S/c16-9-2-4-13(17-7-9)18-15-19-14(22)12(23-15)6-8-1-3-10(20)11(21)5-8/h1-7,20-21H,(H,17,18,19,22)/b12-6-. The molecule has 0 atom stereocenters. The van der Waals surface area contributed by atoms with Crippen molar-refractivity contribution in [3.8, 4) is 11.5 Å². The van der Waals surface area contributed by atoms with E-state index in [1.165, 1.54) is 18.3 Å². The molecule has 2 heterocycles. The summed E-state index contributed by atoms with van der Waals surface area (Å²) in [4.78, 5) is 20.6. The van der Waals surface area contributed by atoms with Gasteiger partial charge in [0.2, 0.25) is 0 Å². The molecule has 1 aliphatic heterocycles. The Balaban J connectivity index is 1.83. The van der Waals surface area contributed by atoms with Gasteiger partial charge in [0, 0.05) is 6.20 Å². The predicted octanol–water partition coefficient (Wildman–Crippen LogP) is 3.04. The fraction of sp³-hybridized carbons (Fsp3) is 0. The van der Waals surface area contributed by atoms with Crippen LogP contribution in [0.15, 0.2) is 46.4 Å². The van der Waals surface area contributed by atoms with Crippen LogP contribution in [0.3, 0.4) is 0 Å². The number of aromatic nitrogens is 1. The SMILES string of the molecule is O=C1NC(=Nc2ccc(Cl)cn2)S/C1=C\c1ccc(O)c(O)c1. The van der Waals surface area contributed by atoms with E-state index in [-0.39, 0.29) is 17.4 Å². The molecular weight excluding hydrogens is 338 g/mol. The second-order valence-electron chi connectivity index (χ2n) is 4.56. The summed E-state index contributed by atoms with van der Waals surface area (Å²) in [5.41, 5.74) is 0.587. The van der Waals surface area contributed by atoms with Crippen molar-refractivity contribution in [1.29, 1.82) is 0 Å². The molecule has 3 N–H and O–H groups in total. The second-order valence-corrected chi connectivity index (χ2v) is 6.03. The van der Waals surface area contributed by atoms with Crippen molar-refractivity contribution in [1.82, 2.24) is 10.3 Å². The molecule has 0 radical (unpaired) electrons. The highest BCUT2D eigenvalue weighted by molar-refractivity contribution is 8.18. The minimum atomic E-state index is -0.296. The number of phenols is 2. The fourth-order valence-electron chi connectivity index (χ4n) is 1.80. The number of carbonyl (C=O) groups is 1. The van der Waals surface area contributed by atoms with Crippen LogP contribution in [0.25, 0.3) is 6.08 Å². The Hall–Kier alpha value is -2.51. The molecule has 1 saturated heterocycles. The number of hydrogen-bond donors (Lipinski definition) is 3. The molecule has 116 valence electrons. The maximum Gasteiger partial charge on any atom is 0.264 e. The quantitative estimate of drug-likeness (QED) is 0.573. The summed E-state index contributed by atoms with van der Waals surface area (Å²) in [5, 5.41) is 22.3. The van der Waals surface area contributed by atoms with E-state index in [0.717, 1.165) is 11.8 Å². The van der Waals surface area contributed by atoms with Gasteiger partial charge in [-0.05, 0) is 47.7 Å². The molecule has 1 amide bonds. The number of phenolic OH excluding ortho intramolecular Hbond substituents is 2.